The summed E-state index contributed by atoms with van der Waals surface area (Å²) in [6, 6.07) is 4.53. The molecule has 17 heavy (non-hydrogen) atoms. The molecule has 3 heterocycles. The topological polar surface area (TPSA) is 16.8 Å². The van der Waals surface area contributed by atoms with Gasteiger partial charge in [-0.2, -0.15) is 4.57 Å². The van der Waals surface area contributed by atoms with Crippen LogP contribution < -0.4 is 4.57 Å². The molecule has 1 aliphatic heterocycles. The maximum atomic E-state index is 4.25. The smallest absolute Gasteiger partial charge is 0.215 e. The van der Waals surface area contributed by atoms with Gasteiger partial charge in [0.2, 0.25) is 5.69 Å². The van der Waals surface area contributed by atoms with Gasteiger partial charge in [-0.15, -0.1) is 0 Å². The highest BCUT2D eigenvalue weighted by atomic mass is 15.0. The van der Waals surface area contributed by atoms with Crippen LogP contribution in [0.4, 0.5) is 0 Å². The second-order valence-electron chi connectivity index (χ2n) is 5.08. The summed E-state index contributed by atoms with van der Waals surface area (Å²) in [5.41, 5.74) is 7.19. The zero-order valence-electron chi connectivity index (χ0n) is 9.82. The van der Waals surface area contributed by atoms with E-state index in [1.54, 1.807) is 11.1 Å². The van der Waals surface area contributed by atoms with Crippen LogP contribution in [0.25, 0.3) is 11.3 Å². The third kappa shape index (κ3) is 1.33. The maximum absolute atomic E-state index is 4.25. The molecule has 2 nitrogen and oxygen atoms in total. The van der Waals surface area contributed by atoms with E-state index >= 15 is 0 Å². The van der Waals surface area contributed by atoms with E-state index in [0.29, 0.717) is 0 Å². The monoisotopic (exact) mass is 223 g/mol. The molecule has 0 saturated heterocycles. The normalized spacial score (nSPS) is 16.2. The van der Waals surface area contributed by atoms with Crippen molar-refractivity contribution in [1.29, 1.82) is 0 Å². The maximum Gasteiger partial charge on any atom is 0.215 e. The molecule has 0 spiro atoms. The van der Waals surface area contributed by atoms with E-state index in [0.717, 1.165) is 6.54 Å². The zero-order valence-corrected chi connectivity index (χ0v) is 9.82. The molecule has 0 saturated carbocycles. The molecule has 2 heteroatoms. The quantitative estimate of drug-likeness (QED) is 0.534. The highest BCUT2D eigenvalue weighted by Crippen LogP contribution is 2.29. The van der Waals surface area contributed by atoms with Crippen molar-refractivity contribution in [3.05, 3.63) is 47.4 Å². The van der Waals surface area contributed by atoms with Gasteiger partial charge in [-0.3, -0.25) is 4.98 Å². The average Bonchev–Trinajstić information content (AvgIpc) is 2.73. The highest BCUT2D eigenvalue weighted by molar-refractivity contribution is 5.62. The Balaban J connectivity index is 1.93. The van der Waals surface area contributed by atoms with Crippen LogP contribution in [0.2, 0.25) is 0 Å². The van der Waals surface area contributed by atoms with Gasteiger partial charge in [0.25, 0.3) is 0 Å². The number of rotatable bonds is 0. The van der Waals surface area contributed by atoms with Gasteiger partial charge in [0, 0.05) is 29.6 Å². The molecule has 0 aromatic carbocycles. The molecule has 0 N–H and O–H groups in total. The van der Waals surface area contributed by atoms with Crippen LogP contribution in [0.15, 0.2) is 30.7 Å². The molecule has 0 unspecified atom stereocenters. The summed E-state index contributed by atoms with van der Waals surface area (Å²) in [6.07, 6.45) is 11.5. The highest BCUT2D eigenvalue weighted by Gasteiger charge is 2.28. The fourth-order valence-corrected chi connectivity index (χ4v) is 3.11. The molecule has 0 fully saturated rings. The first kappa shape index (κ1) is 9.34. The fraction of sp³-hybridized carbons (Fsp3) is 0.333. The number of hydrogen-bond donors (Lipinski definition) is 0. The Bertz CT molecular complexity index is 602. The summed E-state index contributed by atoms with van der Waals surface area (Å²) >= 11 is 0. The second-order valence-corrected chi connectivity index (χ2v) is 5.08. The SMILES string of the molecule is c1cc2c(cn1)-c1cc3c(c[n+]1C2)CCCC3. The molecule has 0 amide bonds. The zero-order chi connectivity index (χ0) is 11.2. The van der Waals surface area contributed by atoms with Gasteiger partial charge in [-0.1, -0.05) is 0 Å². The minimum atomic E-state index is 1.01. The van der Waals surface area contributed by atoms with E-state index in [9.17, 15) is 0 Å². The molecular weight excluding hydrogens is 208 g/mol. The van der Waals surface area contributed by atoms with Crippen molar-refractivity contribution in [1.82, 2.24) is 4.98 Å². The number of aromatic nitrogens is 2. The Hall–Kier alpha value is -1.70. The van der Waals surface area contributed by atoms with Crippen LogP contribution in [-0.4, -0.2) is 4.98 Å². The predicted molar refractivity (Wildman–Crippen MR) is 65.6 cm³/mol. The number of fused-ring (bicyclic) bond motifs is 4. The van der Waals surface area contributed by atoms with Crippen molar-refractivity contribution < 1.29 is 4.57 Å². The summed E-state index contributed by atoms with van der Waals surface area (Å²) in [5.74, 6) is 0. The van der Waals surface area contributed by atoms with E-state index < -0.39 is 0 Å². The van der Waals surface area contributed by atoms with Crippen molar-refractivity contribution in [3.8, 4) is 11.3 Å². The molecule has 2 aromatic heterocycles. The third-order valence-electron chi connectivity index (χ3n) is 4.01. The Morgan fingerprint density at radius 1 is 1.06 bits per heavy atom. The lowest BCUT2D eigenvalue weighted by atomic mass is 9.92. The number of pyridine rings is 2. The van der Waals surface area contributed by atoms with E-state index in [1.165, 1.54) is 42.5 Å². The summed E-state index contributed by atoms with van der Waals surface area (Å²) < 4.78 is 2.39. The van der Waals surface area contributed by atoms with Crippen molar-refractivity contribution >= 4 is 0 Å². The Morgan fingerprint density at radius 2 is 1.94 bits per heavy atom. The van der Waals surface area contributed by atoms with Crippen molar-refractivity contribution in [2.45, 2.75) is 32.2 Å². The van der Waals surface area contributed by atoms with Gasteiger partial charge < -0.3 is 0 Å². The van der Waals surface area contributed by atoms with Crippen LogP contribution in [0.1, 0.15) is 29.5 Å². The van der Waals surface area contributed by atoms with E-state index in [4.69, 9.17) is 0 Å². The number of aryl methyl sites for hydroxylation is 2. The molecular formula is C15H15N2+. The van der Waals surface area contributed by atoms with Gasteiger partial charge >= 0.3 is 0 Å². The molecule has 2 aromatic rings. The minimum absolute atomic E-state index is 1.01. The van der Waals surface area contributed by atoms with Gasteiger partial charge in [-0.25, -0.2) is 0 Å². The molecule has 2 aliphatic rings. The Labute approximate surface area is 101 Å². The molecule has 0 bridgehead atoms. The van der Waals surface area contributed by atoms with Crippen LogP contribution in [0, 0.1) is 0 Å². The predicted octanol–water partition coefficient (Wildman–Crippen LogP) is 2.28. The van der Waals surface area contributed by atoms with Crippen LogP contribution in [0.5, 0.6) is 0 Å². The first-order valence-electron chi connectivity index (χ1n) is 6.40. The van der Waals surface area contributed by atoms with Crippen molar-refractivity contribution in [3.63, 3.8) is 0 Å². The number of hydrogen-bond acceptors (Lipinski definition) is 1. The van der Waals surface area contributed by atoms with Crippen LogP contribution in [-0.2, 0) is 19.4 Å². The second kappa shape index (κ2) is 3.39. The summed E-state index contributed by atoms with van der Waals surface area (Å²) in [7, 11) is 0. The average molecular weight is 223 g/mol. The molecule has 4 rings (SSSR count). The fourth-order valence-electron chi connectivity index (χ4n) is 3.11. The van der Waals surface area contributed by atoms with Gasteiger partial charge in [0.1, 0.15) is 0 Å². The first-order chi connectivity index (χ1) is 8.42. The molecule has 0 radical (unpaired) electrons. The summed E-state index contributed by atoms with van der Waals surface area (Å²) in [6.45, 7) is 1.01. The van der Waals surface area contributed by atoms with Gasteiger partial charge in [0.15, 0.2) is 12.7 Å². The molecule has 1 aliphatic carbocycles. The summed E-state index contributed by atoms with van der Waals surface area (Å²) in [5, 5.41) is 0. The Morgan fingerprint density at radius 3 is 2.88 bits per heavy atom. The Kier molecular flexibility index (Phi) is 1.87. The third-order valence-corrected chi connectivity index (χ3v) is 4.01. The molecule has 0 atom stereocenters. The number of nitrogens with zero attached hydrogens (tertiary/aromatic N) is 2. The van der Waals surface area contributed by atoms with Crippen LogP contribution in [0.3, 0.4) is 0 Å². The van der Waals surface area contributed by atoms with E-state index in [1.807, 2.05) is 12.4 Å². The van der Waals surface area contributed by atoms with Gasteiger partial charge in [-0.05, 0) is 37.3 Å². The lowest BCUT2D eigenvalue weighted by Crippen LogP contribution is -2.33. The standard InChI is InChI=1S/C15H15N2/c1-2-4-12-9-17-10-13-5-6-16-8-14(13)15(17)7-11(12)3-1/h5-9H,1-4,10H2/q+1. The summed E-state index contributed by atoms with van der Waals surface area (Å²) in [4.78, 5) is 4.25. The lowest BCUT2D eigenvalue weighted by Gasteiger charge is -2.13. The molecule has 84 valence electrons. The van der Waals surface area contributed by atoms with Crippen molar-refractivity contribution in [2.24, 2.45) is 0 Å². The van der Waals surface area contributed by atoms with E-state index in [-0.39, 0.29) is 0 Å². The first-order valence-corrected chi connectivity index (χ1v) is 6.40. The lowest BCUT2D eigenvalue weighted by molar-refractivity contribution is -0.672. The van der Waals surface area contributed by atoms with E-state index in [2.05, 4.69) is 27.9 Å². The van der Waals surface area contributed by atoms with Crippen LogP contribution >= 0.6 is 0 Å². The van der Waals surface area contributed by atoms with Gasteiger partial charge in [0.05, 0.1) is 5.56 Å². The minimum Gasteiger partial charge on any atom is -0.264 e. The largest absolute Gasteiger partial charge is 0.264 e. The van der Waals surface area contributed by atoms with Crippen molar-refractivity contribution in [2.75, 3.05) is 0 Å².